The minimum Gasteiger partial charge on any atom is -0.456 e. The number of urea groups is 1. The van der Waals surface area contributed by atoms with Gasteiger partial charge in [-0.25, -0.2) is 9.59 Å². The number of likely N-dealkylation sites (N-methyl/N-ethyl adjacent to an activating group) is 1. The van der Waals surface area contributed by atoms with E-state index < -0.39 is 29.6 Å². The fraction of sp³-hybridized carbons (Fsp3) is 0.543. The van der Waals surface area contributed by atoms with E-state index in [0.29, 0.717) is 38.0 Å². The topological polar surface area (TPSA) is 128 Å². The number of nitrogens with zero attached hydrogens (tertiary/aromatic N) is 2. The average Bonchev–Trinajstić information content (AvgIpc) is 3.45. The van der Waals surface area contributed by atoms with Crippen molar-refractivity contribution < 1.29 is 29.0 Å². The second-order valence-corrected chi connectivity index (χ2v) is 13.1. The van der Waals surface area contributed by atoms with Crippen LogP contribution in [0.15, 0.2) is 48.5 Å². The summed E-state index contributed by atoms with van der Waals surface area (Å²) in [5.41, 5.74) is 0.924. The summed E-state index contributed by atoms with van der Waals surface area (Å²) in [4.78, 5) is 55.8. The Bertz CT molecular complexity index is 1340. The van der Waals surface area contributed by atoms with Crippen LogP contribution in [0.4, 0.5) is 10.5 Å². The number of aliphatic hydroxyl groups is 1. The van der Waals surface area contributed by atoms with E-state index in [2.05, 4.69) is 10.6 Å². The number of anilines is 1. The standard InChI is InChI=1S/C35H48N4O6/c1-5-38(34(44)36-27-15-10-7-11-16-27)23-30(40)29(19-24-13-8-6-9-14-24)37-32(42)25-20-26(33(43)45-35(2,3)4)22-28(21-25)39-18-12-17-31(39)41/h6,8-9,13-14,20-22,27,29-30,40H,5,7,10-12,15-19,23H2,1-4H3,(H,36,44)(H,37,42)/t29-,30-/m0/s1. The first-order valence-corrected chi connectivity index (χ1v) is 16.2. The summed E-state index contributed by atoms with van der Waals surface area (Å²) in [5.74, 6) is -1.19. The SMILES string of the molecule is CCN(C[C@H](O)[C@H](Cc1ccccc1)NC(=O)c1cc(C(=O)OC(C)(C)C)cc(N2CCCC2=O)c1)C(=O)NC1CCCCC1. The Kier molecular flexibility index (Phi) is 11.6. The molecule has 1 aliphatic heterocycles. The van der Waals surface area contributed by atoms with E-state index in [1.54, 1.807) is 42.7 Å². The Morgan fingerprint density at radius 1 is 1.02 bits per heavy atom. The van der Waals surface area contributed by atoms with Crippen molar-refractivity contribution in [3.63, 3.8) is 0 Å². The highest BCUT2D eigenvalue weighted by molar-refractivity contribution is 6.02. The van der Waals surface area contributed by atoms with Gasteiger partial charge in [-0.15, -0.1) is 0 Å². The largest absolute Gasteiger partial charge is 0.456 e. The third kappa shape index (κ3) is 9.78. The Morgan fingerprint density at radius 2 is 1.71 bits per heavy atom. The van der Waals surface area contributed by atoms with Crippen LogP contribution in [0.25, 0.3) is 0 Å². The highest BCUT2D eigenvalue weighted by Gasteiger charge is 2.29. The minimum atomic E-state index is -1.08. The lowest BCUT2D eigenvalue weighted by molar-refractivity contribution is -0.117. The second kappa shape index (κ2) is 15.4. The van der Waals surface area contributed by atoms with Crippen LogP contribution < -0.4 is 15.5 Å². The van der Waals surface area contributed by atoms with Crippen LogP contribution in [0.2, 0.25) is 0 Å². The summed E-state index contributed by atoms with van der Waals surface area (Å²) in [6.45, 7) is 8.06. The van der Waals surface area contributed by atoms with E-state index in [1.807, 2.05) is 37.3 Å². The van der Waals surface area contributed by atoms with Crippen molar-refractivity contribution in [1.82, 2.24) is 15.5 Å². The lowest BCUT2D eigenvalue weighted by atomic mass is 9.96. The number of ether oxygens (including phenoxy) is 1. The summed E-state index contributed by atoms with van der Waals surface area (Å²) in [6, 6.07) is 13.3. The molecule has 2 aromatic carbocycles. The normalized spacial score (nSPS) is 17.0. The van der Waals surface area contributed by atoms with Crippen molar-refractivity contribution >= 4 is 29.5 Å². The first-order chi connectivity index (χ1) is 21.4. The van der Waals surface area contributed by atoms with Crippen molar-refractivity contribution in [2.45, 2.75) is 103 Å². The number of rotatable bonds is 11. The number of benzene rings is 2. The monoisotopic (exact) mass is 620 g/mol. The van der Waals surface area contributed by atoms with Gasteiger partial charge in [-0.05, 0) is 77.1 Å². The predicted molar refractivity (Wildman–Crippen MR) is 173 cm³/mol. The summed E-state index contributed by atoms with van der Waals surface area (Å²) in [6.07, 6.45) is 5.58. The lowest BCUT2D eigenvalue weighted by Gasteiger charge is -2.32. The van der Waals surface area contributed by atoms with Gasteiger partial charge in [-0.2, -0.15) is 0 Å². The average molecular weight is 621 g/mol. The van der Waals surface area contributed by atoms with Crippen molar-refractivity contribution in [3.05, 3.63) is 65.2 Å². The molecule has 1 saturated carbocycles. The van der Waals surface area contributed by atoms with Gasteiger partial charge in [0.1, 0.15) is 5.60 Å². The number of esters is 1. The highest BCUT2D eigenvalue weighted by atomic mass is 16.6. The molecule has 10 heteroatoms. The molecule has 3 N–H and O–H groups in total. The molecule has 4 amide bonds. The molecule has 2 atom stereocenters. The van der Waals surface area contributed by atoms with E-state index in [9.17, 15) is 24.3 Å². The van der Waals surface area contributed by atoms with Gasteiger partial charge in [0, 0.05) is 36.8 Å². The molecule has 45 heavy (non-hydrogen) atoms. The Hall–Kier alpha value is -3.92. The predicted octanol–water partition coefficient (Wildman–Crippen LogP) is 4.83. The molecule has 4 rings (SSSR count). The van der Waals surface area contributed by atoms with Gasteiger partial charge < -0.3 is 30.3 Å². The summed E-state index contributed by atoms with van der Waals surface area (Å²) < 4.78 is 5.58. The van der Waals surface area contributed by atoms with Gasteiger partial charge >= 0.3 is 12.0 Å². The first-order valence-electron chi connectivity index (χ1n) is 16.2. The van der Waals surface area contributed by atoms with E-state index in [4.69, 9.17) is 4.74 Å². The quantitative estimate of drug-likeness (QED) is 0.309. The zero-order valence-electron chi connectivity index (χ0n) is 27.0. The van der Waals surface area contributed by atoms with Gasteiger partial charge in [-0.3, -0.25) is 9.59 Å². The number of hydrogen-bond donors (Lipinski definition) is 3. The number of amides is 4. The molecule has 2 aliphatic rings. The minimum absolute atomic E-state index is 0.0261. The Morgan fingerprint density at radius 3 is 2.33 bits per heavy atom. The van der Waals surface area contributed by atoms with Crippen molar-refractivity contribution in [3.8, 4) is 0 Å². The molecule has 0 spiro atoms. The van der Waals surface area contributed by atoms with Gasteiger partial charge in [0.15, 0.2) is 0 Å². The molecule has 1 saturated heterocycles. The number of nitrogens with one attached hydrogen (secondary N) is 2. The summed E-state index contributed by atoms with van der Waals surface area (Å²) in [5, 5.41) is 17.6. The van der Waals surface area contributed by atoms with Crippen LogP contribution in [-0.2, 0) is 16.0 Å². The van der Waals surface area contributed by atoms with Crippen molar-refractivity contribution in [2.75, 3.05) is 24.5 Å². The van der Waals surface area contributed by atoms with Crippen LogP contribution in [0.1, 0.15) is 98.9 Å². The molecule has 1 aliphatic carbocycles. The lowest BCUT2D eigenvalue weighted by Crippen LogP contribution is -2.53. The van der Waals surface area contributed by atoms with Gasteiger partial charge in [0.2, 0.25) is 5.91 Å². The smallest absolute Gasteiger partial charge is 0.338 e. The van der Waals surface area contributed by atoms with Crippen LogP contribution in [0, 0.1) is 0 Å². The zero-order valence-corrected chi connectivity index (χ0v) is 27.0. The second-order valence-electron chi connectivity index (χ2n) is 13.1. The molecule has 1 heterocycles. The number of aliphatic hydroxyl groups excluding tert-OH is 1. The third-order valence-electron chi connectivity index (χ3n) is 8.29. The molecule has 0 unspecified atom stereocenters. The van der Waals surface area contributed by atoms with Gasteiger partial charge in [-0.1, -0.05) is 49.6 Å². The number of carbonyl (C=O) groups excluding carboxylic acids is 4. The molecule has 2 fully saturated rings. The van der Waals surface area contributed by atoms with Crippen LogP contribution in [0.5, 0.6) is 0 Å². The van der Waals surface area contributed by atoms with Crippen molar-refractivity contribution in [2.24, 2.45) is 0 Å². The van der Waals surface area contributed by atoms with E-state index in [-0.39, 0.29) is 35.7 Å². The number of carbonyl (C=O) groups is 4. The first kappa shape index (κ1) is 34.0. The fourth-order valence-corrected chi connectivity index (χ4v) is 5.90. The van der Waals surface area contributed by atoms with Gasteiger partial charge in [0.05, 0.1) is 24.3 Å². The maximum absolute atomic E-state index is 13.8. The highest BCUT2D eigenvalue weighted by Crippen LogP contribution is 2.26. The Balaban J connectivity index is 1.58. The maximum Gasteiger partial charge on any atom is 0.338 e. The van der Waals surface area contributed by atoms with E-state index >= 15 is 0 Å². The molecule has 10 nitrogen and oxygen atoms in total. The summed E-state index contributed by atoms with van der Waals surface area (Å²) in [7, 11) is 0. The zero-order chi connectivity index (χ0) is 32.6. The van der Waals surface area contributed by atoms with E-state index in [0.717, 1.165) is 31.2 Å². The Labute approximate surface area is 266 Å². The van der Waals surface area contributed by atoms with Crippen molar-refractivity contribution in [1.29, 1.82) is 0 Å². The maximum atomic E-state index is 13.8. The molecule has 0 aromatic heterocycles. The molecule has 244 valence electrons. The van der Waals surface area contributed by atoms with Crippen LogP contribution in [0.3, 0.4) is 0 Å². The number of hydrogen-bond acceptors (Lipinski definition) is 6. The molecular formula is C35H48N4O6. The molecule has 0 bridgehead atoms. The van der Waals surface area contributed by atoms with Crippen LogP contribution in [-0.4, -0.2) is 77.2 Å². The third-order valence-corrected chi connectivity index (χ3v) is 8.29. The fourth-order valence-electron chi connectivity index (χ4n) is 5.90. The van der Waals surface area contributed by atoms with Crippen LogP contribution >= 0.6 is 0 Å². The molecular weight excluding hydrogens is 572 g/mol. The molecule has 0 radical (unpaired) electrons. The van der Waals surface area contributed by atoms with Gasteiger partial charge in [0.25, 0.3) is 5.91 Å². The summed E-state index contributed by atoms with van der Waals surface area (Å²) >= 11 is 0. The molecule has 2 aromatic rings. The van der Waals surface area contributed by atoms with E-state index in [1.165, 1.54) is 12.5 Å².